The van der Waals surface area contributed by atoms with Gasteiger partial charge in [-0.15, -0.1) is 0 Å². The molecule has 0 bridgehead atoms. The van der Waals surface area contributed by atoms with E-state index >= 15 is 0 Å². The third kappa shape index (κ3) is 12.0. The molecule has 3 aromatic rings. The van der Waals surface area contributed by atoms with Crippen molar-refractivity contribution in [3.05, 3.63) is 76.9 Å². The zero-order valence-corrected chi connectivity index (χ0v) is 31.4. The van der Waals surface area contributed by atoms with Gasteiger partial charge in [0, 0.05) is 63.1 Å². The van der Waals surface area contributed by atoms with Crippen LogP contribution in [0.3, 0.4) is 0 Å². The molecule has 0 unspecified atom stereocenters. The van der Waals surface area contributed by atoms with E-state index in [0.29, 0.717) is 67.0 Å². The number of benzene rings is 2. The first-order valence-electron chi connectivity index (χ1n) is 18.0. The Labute approximate surface area is 302 Å². The number of nitrogens with zero attached hydrogens (tertiary/aromatic N) is 3. The second-order valence-electron chi connectivity index (χ2n) is 15.6. The van der Waals surface area contributed by atoms with E-state index in [1.165, 1.54) is 12.1 Å². The van der Waals surface area contributed by atoms with Gasteiger partial charge in [0.25, 0.3) is 5.91 Å². The van der Waals surface area contributed by atoms with Crippen LogP contribution in [0.15, 0.2) is 48.5 Å². The standard InChI is InChI=1S/C37H46FN3O5.C4H10O/c1-25-31(23-32(42)43)35(41-18-16-37(2,3)17-19-41)33(34(39-25)36(44)40(4)24-27-13-20-45-21-14-27)28-7-11-30(12-8-28)46-22-15-26-5-9-29(38)10-6-26;1-4(2,3)5/h5-12,27H,13-24H2,1-4H3,(H,42,43);5H,1-3H3. The molecule has 0 spiro atoms. The first-order chi connectivity index (χ1) is 24.0. The number of carbonyl (C=O) groups is 2. The van der Waals surface area contributed by atoms with E-state index in [0.717, 1.165) is 55.6 Å². The number of amides is 1. The number of carboxylic acids is 1. The molecular weight excluding hydrogens is 649 g/mol. The van der Waals surface area contributed by atoms with Crippen LogP contribution < -0.4 is 9.64 Å². The Kier molecular flexibility index (Phi) is 13.6. The summed E-state index contributed by atoms with van der Waals surface area (Å²) in [5, 5.41) is 18.5. The fourth-order valence-electron chi connectivity index (χ4n) is 6.44. The van der Waals surface area contributed by atoms with Crippen molar-refractivity contribution >= 4 is 17.6 Å². The van der Waals surface area contributed by atoms with E-state index < -0.39 is 11.6 Å². The number of hydrogen-bond acceptors (Lipinski definition) is 7. The maximum Gasteiger partial charge on any atom is 0.307 e. The summed E-state index contributed by atoms with van der Waals surface area (Å²) < 4.78 is 24.8. The Hall–Kier alpha value is -4.02. The van der Waals surface area contributed by atoms with E-state index in [4.69, 9.17) is 19.6 Å². The van der Waals surface area contributed by atoms with Gasteiger partial charge < -0.3 is 29.5 Å². The molecular formula is C41H56FN3O6. The molecule has 5 rings (SSSR count). The number of halogens is 1. The van der Waals surface area contributed by atoms with Crippen LogP contribution in [-0.2, 0) is 22.4 Å². The second kappa shape index (κ2) is 17.5. The number of aliphatic hydroxyl groups is 1. The van der Waals surface area contributed by atoms with Crippen LogP contribution in [0, 0.1) is 24.1 Å². The minimum Gasteiger partial charge on any atom is -0.493 e. The highest BCUT2D eigenvalue weighted by molar-refractivity contribution is 6.03. The summed E-state index contributed by atoms with van der Waals surface area (Å²) in [5.41, 5.74) is 4.46. The van der Waals surface area contributed by atoms with Crippen molar-refractivity contribution < 1.29 is 33.7 Å². The number of aliphatic carboxylic acids is 1. The molecule has 2 aliphatic heterocycles. The second-order valence-corrected chi connectivity index (χ2v) is 15.6. The number of aromatic nitrogens is 1. The fraction of sp³-hybridized carbons (Fsp3) is 0.537. The van der Waals surface area contributed by atoms with Gasteiger partial charge in [-0.3, -0.25) is 9.59 Å². The molecule has 0 atom stereocenters. The van der Waals surface area contributed by atoms with Gasteiger partial charge in [0.2, 0.25) is 0 Å². The Bertz CT molecular complexity index is 1600. The summed E-state index contributed by atoms with van der Waals surface area (Å²) in [7, 11) is 1.82. The maximum absolute atomic E-state index is 14.2. The Morgan fingerprint density at radius 2 is 1.63 bits per heavy atom. The molecule has 9 nitrogen and oxygen atoms in total. The Morgan fingerprint density at radius 3 is 2.20 bits per heavy atom. The van der Waals surface area contributed by atoms with Crippen LogP contribution in [0.1, 0.15) is 87.6 Å². The van der Waals surface area contributed by atoms with Gasteiger partial charge in [0.1, 0.15) is 17.3 Å². The van der Waals surface area contributed by atoms with Gasteiger partial charge >= 0.3 is 5.97 Å². The summed E-state index contributed by atoms with van der Waals surface area (Å²) in [4.78, 5) is 35.3. The van der Waals surface area contributed by atoms with Crippen molar-refractivity contribution in [3.63, 3.8) is 0 Å². The van der Waals surface area contributed by atoms with Gasteiger partial charge in [-0.1, -0.05) is 38.1 Å². The third-order valence-electron chi connectivity index (χ3n) is 9.37. The molecule has 2 aromatic carbocycles. The molecule has 3 heterocycles. The highest BCUT2D eigenvalue weighted by atomic mass is 19.1. The van der Waals surface area contributed by atoms with Crippen LogP contribution in [0.4, 0.5) is 10.1 Å². The molecule has 0 saturated carbocycles. The quantitative estimate of drug-likeness (QED) is 0.213. The number of carbonyl (C=O) groups excluding carboxylic acids is 1. The monoisotopic (exact) mass is 705 g/mol. The topological polar surface area (TPSA) is 112 Å². The molecule has 2 N–H and O–H groups in total. The average Bonchev–Trinajstić information content (AvgIpc) is 3.06. The van der Waals surface area contributed by atoms with E-state index in [9.17, 15) is 19.1 Å². The lowest BCUT2D eigenvalue weighted by Crippen LogP contribution is -2.39. The fourth-order valence-corrected chi connectivity index (χ4v) is 6.44. The van der Waals surface area contributed by atoms with E-state index in [2.05, 4.69) is 18.7 Å². The lowest BCUT2D eigenvalue weighted by Gasteiger charge is -2.40. The number of aryl methyl sites for hydroxylation is 1. The van der Waals surface area contributed by atoms with Crippen LogP contribution in [0.25, 0.3) is 11.1 Å². The van der Waals surface area contributed by atoms with Crippen LogP contribution in [0.2, 0.25) is 0 Å². The zero-order valence-electron chi connectivity index (χ0n) is 31.4. The number of hydrogen-bond donors (Lipinski definition) is 2. The molecule has 51 heavy (non-hydrogen) atoms. The van der Waals surface area contributed by atoms with Crippen molar-refractivity contribution in [2.75, 3.05) is 51.4 Å². The van der Waals surface area contributed by atoms with E-state index in [1.54, 1.807) is 37.8 Å². The first kappa shape index (κ1) is 39.8. The highest BCUT2D eigenvalue weighted by Crippen LogP contribution is 2.42. The lowest BCUT2D eigenvalue weighted by atomic mass is 9.82. The molecule has 0 radical (unpaired) electrons. The predicted molar refractivity (Wildman–Crippen MR) is 199 cm³/mol. The molecule has 1 amide bonds. The number of carboxylic acid groups (broad SMARTS) is 1. The van der Waals surface area contributed by atoms with Gasteiger partial charge in [-0.25, -0.2) is 9.37 Å². The van der Waals surface area contributed by atoms with Crippen LogP contribution in [-0.4, -0.2) is 84.1 Å². The molecule has 10 heteroatoms. The van der Waals surface area contributed by atoms with Gasteiger partial charge in [0.15, 0.2) is 0 Å². The number of anilines is 1. The van der Waals surface area contributed by atoms with Crippen molar-refractivity contribution in [1.29, 1.82) is 0 Å². The largest absolute Gasteiger partial charge is 0.493 e. The van der Waals surface area contributed by atoms with Crippen LogP contribution in [0.5, 0.6) is 5.75 Å². The molecule has 2 aliphatic rings. The third-order valence-corrected chi connectivity index (χ3v) is 9.37. The summed E-state index contributed by atoms with van der Waals surface area (Å²) in [5.74, 6) is -0.353. The summed E-state index contributed by atoms with van der Waals surface area (Å²) >= 11 is 0. The number of pyridine rings is 1. The summed E-state index contributed by atoms with van der Waals surface area (Å²) in [6.45, 7) is 15.5. The number of rotatable bonds is 11. The number of ether oxygens (including phenoxy) is 2. The number of piperidine rings is 1. The smallest absolute Gasteiger partial charge is 0.307 e. The van der Waals surface area contributed by atoms with Crippen molar-refractivity contribution in [1.82, 2.24) is 9.88 Å². The molecule has 2 saturated heterocycles. The predicted octanol–water partition coefficient (Wildman–Crippen LogP) is 7.35. The van der Waals surface area contributed by atoms with Crippen LogP contribution >= 0.6 is 0 Å². The normalized spacial score (nSPS) is 16.2. The highest BCUT2D eigenvalue weighted by Gasteiger charge is 2.33. The Morgan fingerprint density at radius 1 is 1.04 bits per heavy atom. The van der Waals surface area contributed by atoms with Gasteiger partial charge in [-0.2, -0.15) is 0 Å². The SMILES string of the molecule is CC(C)(C)O.Cc1nc(C(=O)N(C)CC2CCOCC2)c(-c2ccc(OCCc3ccc(F)cc3)cc2)c(N2CCC(C)(C)CC2)c1CC(=O)O. The average molecular weight is 706 g/mol. The van der Waals surface area contributed by atoms with Gasteiger partial charge in [-0.05, 0) is 100 Å². The lowest BCUT2D eigenvalue weighted by molar-refractivity contribution is -0.136. The molecule has 0 aliphatic carbocycles. The van der Waals surface area contributed by atoms with E-state index in [1.807, 2.05) is 38.2 Å². The Balaban J connectivity index is 0.00000109. The summed E-state index contributed by atoms with van der Waals surface area (Å²) in [6, 6.07) is 14.0. The van der Waals surface area contributed by atoms with Gasteiger partial charge in [0.05, 0.1) is 24.3 Å². The minimum atomic E-state index is -0.935. The van der Waals surface area contributed by atoms with Crippen molar-refractivity contribution in [2.45, 2.75) is 85.7 Å². The summed E-state index contributed by atoms with van der Waals surface area (Å²) in [6.07, 6.45) is 4.17. The maximum atomic E-state index is 14.2. The minimum absolute atomic E-state index is 0.176. The van der Waals surface area contributed by atoms with Crippen molar-refractivity contribution in [2.24, 2.45) is 11.3 Å². The first-order valence-corrected chi connectivity index (χ1v) is 18.0. The molecule has 278 valence electrons. The zero-order chi connectivity index (χ0) is 37.3. The van der Waals surface area contributed by atoms with E-state index in [-0.39, 0.29) is 23.6 Å². The van der Waals surface area contributed by atoms with Crippen molar-refractivity contribution in [3.8, 4) is 16.9 Å². The molecule has 2 fully saturated rings. The molecule has 1 aromatic heterocycles.